The quantitative estimate of drug-likeness (QED) is 0.407. The van der Waals surface area contributed by atoms with E-state index < -0.39 is 12.0 Å². The van der Waals surface area contributed by atoms with Crippen LogP contribution in [0.15, 0.2) is 53.6 Å². The topological polar surface area (TPSA) is 72.9 Å². The van der Waals surface area contributed by atoms with Gasteiger partial charge in [0, 0.05) is 5.57 Å². The highest BCUT2D eigenvalue weighted by atomic mass is 16.6. The van der Waals surface area contributed by atoms with Gasteiger partial charge in [0.25, 0.3) is 0 Å². The van der Waals surface area contributed by atoms with Crippen LogP contribution in [0.3, 0.4) is 0 Å². The Morgan fingerprint density at radius 1 is 1.29 bits per heavy atom. The van der Waals surface area contributed by atoms with Gasteiger partial charge >= 0.3 is 12.1 Å². The van der Waals surface area contributed by atoms with Gasteiger partial charge in [-0.1, -0.05) is 48.9 Å². The molecule has 0 unspecified atom stereocenters. The zero-order valence-electron chi connectivity index (χ0n) is 16.8. The Kier molecular flexibility index (Phi) is 7.55. The van der Waals surface area contributed by atoms with Gasteiger partial charge in [0.15, 0.2) is 0 Å². The number of carbonyl (C=O) groups excluding carboxylic acids is 3. The summed E-state index contributed by atoms with van der Waals surface area (Å²) in [6.07, 6.45) is 3.35. The number of benzene rings is 1. The van der Waals surface area contributed by atoms with E-state index in [1.807, 2.05) is 30.3 Å². The van der Waals surface area contributed by atoms with Crippen LogP contribution >= 0.6 is 0 Å². The zero-order valence-corrected chi connectivity index (χ0v) is 16.8. The van der Waals surface area contributed by atoms with Crippen molar-refractivity contribution in [1.82, 2.24) is 4.90 Å². The molecule has 0 radical (unpaired) electrons. The maximum absolute atomic E-state index is 12.9. The van der Waals surface area contributed by atoms with Gasteiger partial charge in [-0.05, 0) is 38.8 Å². The van der Waals surface area contributed by atoms with Crippen LogP contribution in [0.1, 0.15) is 33.3 Å². The number of amides is 2. The van der Waals surface area contributed by atoms with Gasteiger partial charge in [0.2, 0.25) is 5.91 Å². The molecule has 0 bridgehead atoms. The van der Waals surface area contributed by atoms with Gasteiger partial charge < -0.3 is 9.47 Å². The Balaban J connectivity index is 2.10. The Morgan fingerprint density at radius 2 is 1.96 bits per heavy atom. The third-order valence-corrected chi connectivity index (χ3v) is 4.46. The van der Waals surface area contributed by atoms with Gasteiger partial charge in [-0.2, -0.15) is 0 Å². The van der Waals surface area contributed by atoms with Crippen molar-refractivity contribution >= 4 is 18.0 Å². The minimum atomic E-state index is -0.609. The minimum absolute atomic E-state index is 0.191. The molecule has 1 aromatic carbocycles. The molecular formula is C22H27NO5. The smallest absolute Gasteiger partial charge is 0.417 e. The highest BCUT2D eigenvalue weighted by Gasteiger charge is 2.39. The number of imide groups is 1. The summed E-state index contributed by atoms with van der Waals surface area (Å²) in [6.45, 7) is 7.43. The lowest BCUT2D eigenvalue weighted by molar-refractivity contribution is -0.138. The van der Waals surface area contributed by atoms with Crippen LogP contribution in [0.5, 0.6) is 0 Å². The molecule has 150 valence electrons. The molecule has 0 spiro atoms. The number of ether oxygens (including phenoxy) is 2. The van der Waals surface area contributed by atoms with E-state index in [4.69, 9.17) is 9.47 Å². The average Bonchev–Trinajstić information content (AvgIpc) is 3.02. The molecule has 2 rings (SSSR count). The Hall–Kier alpha value is -2.89. The van der Waals surface area contributed by atoms with Crippen LogP contribution in [0.2, 0.25) is 0 Å². The first-order valence-electron chi connectivity index (χ1n) is 9.41. The maximum atomic E-state index is 12.9. The largest absolute Gasteiger partial charge is 0.463 e. The summed E-state index contributed by atoms with van der Waals surface area (Å²) in [6, 6.07) is 9.36. The second-order valence-corrected chi connectivity index (χ2v) is 6.88. The van der Waals surface area contributed by atoms with Gasteiger partial charge in [0.1, 0.15) is 6.61 Å². The SMILES string of the molecule is CCOC(=O)/C(C)=C/C(C)=C/[C@H](C)C(=O)N1C(=O)OC[C@@H]1Cc1ccccc1. The number of esters is 1. The molecule has 6 heteroatoms. The summed E-state index contributed by atoms with van der Waals surface area (Å²) in [7, 11) is 0. The van der Waals surface area contributed by atoms with E-state index in [2.05, 4.69) is 0 Å². The second kappa shape index (κ2) is 9.88. The van der Waals surface area contributed by atoms with E-state index in [0.717, 1.165) is 11.1 Å². The number of nitrogens with zero attached hydrogens (tertiary/aromatic N) is 1. The van der Waals surface area contributed by atoms with Crippen LogP contribution in [0.25, 0.3) is 0 Å². The van der Waals surface area contributed by atoms with Crippen molar-refractivity contribution in [2.45, 2.75) is 40.2 Å². The molecule has 1 aliphatic rings. The lowest BCUT2D eigenvalue weighted by Gasteiger charge is -2.22. The fourth-order valence-corrected chi connectivity index (χ4v) is 3.15. The molecule has 6 nitrogen and oxygen atoms in total. The van der Waals surface area contributed by atoms with Crippen LogP contribution in [-0.2, 0) is 25.5 Å². The van der Waals surface area contributed by atoms with Gasteiger partial charge in [-0.25, -0.2) is 14.5 Å². The molecule has 0 aromatic heterocycles. The van der Waals surface area contributed by atoms with Crippen LogP contribution in [0, 0.1) is 5.92 Å². The first kappa shape index (κ1) is 21.4. The first-order chi connectivity index (χ1) is 13.3. The molecule has 1 aliphatic heterocycles. The van der Waals surface area contributed by atoms with E-state index in [1.54, 1.807) is 39.8 Å². The lowest BCUT2D eigenvalue weighted by atomic mass is 10.0. The summed E-state index contributed by atoms with van der Waals surface area (Å²) >= 11 is 0. The molecule has 0 saturated carbocycles. The molecule has 1 fully saturated rings. The van der Waals surface area contributed by atoms with Crippen molar-refractivity contribution in [3.63, 3.8) is 0 Å². The van der Waals surface area contributed by atoms with Crippen molar-refractivity contribution in [2.24, 2.45) is 5.92 Å². The monoisotopic (exact) mass is 385 g/mol. The predicted octanol–water partition coefficient (Wildman–Crippen LogP) is 3.67. The molecule has 1 aromatic rings. The number of hydrogen-bond acceptors (Lipinski definition) is 5. The number of rotatable bonds is 7. The zero-order chi connectivity index (χ0) is 20.7. The molecule has 1 heterocycles. The normalized spacial score (nSPS) is 18.6. The van der Waals surface area contributed by atoms with Crippen LogP contribution < -0.4 is 0 Å². The first-order valence-corrected chi connectivity index (χ1v) is 9.41. The number of carbonyl (C=O) groups is 3. The number of allylic oxidation sites excluding steroid dienone is 2. The fraction of sp³-hybridized carbons (Fsp3) is 0.409. The van der Waals surface area contributed by atoms with Crippen molar-refractivity contribution in [1.29, 1.82) is 0 Å². The molecule has 0 N–H and O–H groups in total. The van der Waals surface area contributed by atoms with E-state index in [9.17, 15) is 14.4 Å². The molecular weight excluding hydrogens is 358 g/mol. The predicted molar refractivity (Wildman–Crippen MR) is 105 cm³/mol. The highest BCUT2D eigenvalue weighted by Crippen LogP contribution is 2.21. The summed E-state index contributed by atoms with van der Waals surface area (Å²) in [5.74, 6) is -1.24. The summed E-state index contributed by atoms with van der Waals surface area (Å²) in [5, 5.41) is 0. The van der Waals surface area contributed by atoms with Crippen molar-refractivity contribution in [3.8, 4) is 0 Å². The van der Waals surface area contributed by atoms with Crippen LogP contribution in [-0.4, -0.2) is 42.1 Å². The minimum Gasteiger partial charge on any atom is -0.463 e. The number of hydrogen-bond donors (Lipinski definition) is 0. The molecule has 2 amide bonds. The standard InChI is InChI=1S/C22H27NO5/c1-5-27-21(25)17(4)12-15(2)11-16(3)20(24)23-19(14-28-22(23)26)13-18-9-7-6-8-10-18/h6-12,16,19H,5,13-14H2,1-4H3/b15-11+,17-12+/t16-,19-/m0/s1. The fourth-order valence-electron chi connectivity index (χ4n) is 3.15. The molecule has 28 heavy (non-hydrogen) atoms. The van der Waals surface area contributed by atoms with E-state index >= 15 is 0 Å². The molecule has 2 atom stereocenters. The van der Waals surface area contributed by atoms with E-state index in [0.29, 0.717) is 18.6 Å². The van der Waals surface area contributed by atoms with E-state index in [-0.39, 0.29) is 24.5 Å². The molecule has 1 saturated heterocycles. The maximum Gasteiger partial charge on any atom is 0.417 e. The van der Waals surface area contributed by atoms with Crippen molar-refractivity contribution < 1.29 is 23.9 Å². The van der Waals surface area contributed by atoms with Crippen LogP contribution in [0.4, 0.5) is 4.79 Å². The Morgan fingerprint density at radius 3 is 2.61 bits per heavy atom. The number of cyclic esters (lactones) is 1. The van der Waals surface area contributed by atoms with E-state index in [1.165, 1.54) is 4.90 Å². The average molecular weight is 385 g/mol. The Labute approximate surface area is 165 Å². The lowest BCUT2D eigenvalue weighted by Crippen LogP contribution is -2.42. The third-order valence-electron chi connectivity index (χ3n) is 4.46. The summed E-state index contributed by atoms with van der Waals surface area (Å²) < 4.78 is 10.1. The summed E-state index contributed by atoms with van der Waals surface area (Å²) in [4.78, 5) is 37.9. The summed E-state index contributed by atoms with van der Waals surface area (Å²) in [5.41, 5.74) is 2.24. The third kappa shape index (κ3) is 5.55. The second-order valence-electron chi connectivity index (χ2n) is 6.88. The van der Waals surface area contributed by atoms with Gasteiger partial charge in [0.05, 0.1) is 18.6 Å². The van der Waals surface area contributed by atoms with Crippen molar-refractivity contribution in [3.05, 3.63) is 59.2 Å². The Bertz CT molecular complexity index is 781. The highest BCUT2D eigenvalue weighted by molar-refractivity contribution is 5.95. The molecule has 0 aliphatic carbocycles. The van der Waals surface area contributed by atoms with Gasteiger partial charge in [-0.15, -0.1) is 0 Å². The van der Waals surface area contributed by atoms with Gasteiger partial charge in [-0.3, -0.25) is 4.79 Å². The van der Waals surface area contributed by atoms with Crippen molar-refractivity contribution in [2.75, 3.05) is 13.2 Å².